The van der Waals surface area contributed by atoms with E-state index in [-0.39, 0.29) is 66.3 Å². The van der Waals surface area contributed by atoms with Crippen LogP contribution in [0.1, 0.15) is 79.7 Å². The molecule has 8 unspecified atom stereocenters. The predicted molar refractivity (Wildman–Crippen MR) is 211 cm³/mol. The Hall–Kier alpha value is -3.75. The van der Waals surface area contributed by atoms with Crippen molar-refractivity contribution in [3.63, 3.8) is 0 Å². The molecule has 1 aliphatic heterocycles. The molecule has 5 amide bonds. The first kappa shape index (κ1) is 46.4. The van der Waals surface area contributed by atoms with Gasteiger partial charge in [-0.05, 0) is 62.4 Å². The molecule has 1 aliphatic rings. The van der Waals surface area contributed by atoms with Crippen LogP contribution in [-0.2, 0) is 40.0 Å². The highest BCUT2D eigenvalue weighted by molar-refractivity contribution is 5.90. The molecule has 1 fully saturated rings. The number of nitrogens with one attached hydrogen (secondary N) is 3. The van der Waals surface area contributed by atoms with Crippen LogP contribution in [0.15, 0.2) is 24.3 Å². The van der Waals surface area contributed by atoms with Gasteiger partial charge in [0, 0.05) is 40.0 Å². The van der Waals surface area contributed by atoms with Crippen molar-refractivity contribution < 1.29 is 33.4 Å². The van der Waals surface area contributed by atoms with Gasteiger partial charge < -0.3 is 41.0 Å². The molecule has 1 saturated heterocycles. The standard InChI is InChI=1S/C40H69N7O7/c1-13-26(6)36(46(10)40(52)34(24(2)3)44-39(51)35(25(4)5)45(8)9)31(53-11)21-33(49)47-20-14-15-30(47)37(54-12)27(7)38(50)43-23-32(48)42-22-28-16-18-29(41)19-17-28/h16-19,24-27,30-31,34-37H,13-15,20-23,41H2,1-12H3,(H,42,48)(H,43,50)(H,44,51). The summed E-state index contributed by atoms with van der Waals surface area (Å²) in [5.74, 6) is -2.11. The number of hydrogen-bond donors (Lipinski definition) is 4. The van der Waals surface area contributed by atoms with Crippen LogP contribution in [0.2, 0.25) is 0 Å². The van der Waals surface area contributed by atoms with E-state index in [4.69, 9.17) is 15.2 Å². The molecule has 14 heteroatoms. The molecular formula is C40H69N7O7. The van der Waals surface area contributed by atoms with Gasteiger partial charge in [0.1, 0.15) is 6.04 Å². The quantitative estimate of drug-likeness (QED) is 0.137. The number of nitrogens with two attached hydrogens (primary N) is 1. The van der Waals surface area contributed by atoms with E-state index in [0.717, 1.165) is 18.4 Å². The molecule has 5 N–H and O–H groups in total. The van der Waals surface area contributed by atoms with Crippen molar-refractivity contribution in [2.75, 3.05) is 54.2 Å². The third-order valence-electron chi connectivity index (χ3n) is 10.8. The van der Waals surface area contributed by atoms with Crippen molar-refractivity contribution in [3.05, 3.63) is 29.8 Å². The number of rotatable bonds is 21. The molecule has 0 saturated carbocycles. The number of carbonyl (C=O) groups is 5. The van der Waals surface area contributed by atoms with Crippen molar-refractivity contribution in [2.45, 2.75) is 117 Å². The molecule has 1 aromatic carbocycles. The van der Waals surface area contributed by atoms with E-state index < -0.39 is 36.3 Å². The van der Waals surface area contributed by atoms with Gasteiger partial charge in [-0.3, -0.25) is 28.9 Å². The summed E-state index contributed by atoms with van der Waals surface area (Å²) in [7, 11) is 8.50. The molecule has 54 heavy (non-hydrogen) atoms. The summed E-state index contributed by atoms with van der Waals surface area (Å²) in [6.07, 6.45) is 0.883. The SMILES string of the molecule is CCC(C)C(C(CC(=O)N1CCCC1C(OC)C(C)C(=O)NCC(=O)NCc1ccc(N)cc1)OC)N(C)C(=O)C(NC(=O)C(C(C)C)N(C)C)C(C)C. The van der Waals surface area contributed by atoms with Crippen LogP contribution in [-0.4, -0.2) is 129 Å². The first-order chi connectivity index (χ1) is 25.4. The van der Waals surface area contributed by atoms with Crippen molar-refractivity contribution in [2.24, 2.45) is 23.7 Å². The Kier molecular flexibility index (Phi) is 18.9. The van der Waals surface area contributed by atoms with Crippen molar-refractivity contribution in [1.29, 1.82) is 0 Å². The summed E-state index contributed by atoms with van der Waals surface area (Å²) in [6.45, 7) is 14.2. The monoisotopic (exact) mass is 760 g/mol. The largest absolute Gasteiger partial charge is 0.399 e. The number of ether oxygens (including phenoxy) is 2. The fourth-order valence-corrected chi connectivity index (χ4v) is 7.64. The Morgan fingerprint density at radius 2 is 1.54 bits per heavy atom. The van der Waals surface area contributed by atoms with Crippen molar-refractivity contribution in [3.8, 4) is 0 Å². The highest BCUT2D eigenvalue weighted by Gasteiger charge is 2.43. The van der Waals surface area contributed by atoms with Gasteiger partial charge >= 0.3 is 0 Å². The minimum absolute atomic E-state index is 0.0135. The molecule has 0 radical (unpaired) electrons. The van der Waals surface area contributed by atoms with Crippen LogP contribution < -0.4 is 21.7 Å². The maximum Gasteiger partial charge on any atom is 0.245 e. The fourth-order valence-electron chi connectivity index (χ4n) is 7.64. The van der Waals surface area contributed by atoms with Gasteiger partial charge in [0.2, 0.25) is 29.5 Å². The molecule has 8 atom stereocenters. The first-order valence-corrected chi connectivity index (χ1v) is 19.4. The normalized spacial score (nSPS) is 18.4. The molecule has 0 aromatic heterocycles. The molecule has 1 heterocycles. The summed E-state index contributed by atoms with van der Waals surface area (Å²) in [4.78, 5) is 72.8. The van der Waals surface area contributed by atoms with Gasteiger partial charge in [0.05, 0.1) is 49.2 Å². The third kappa shape index (κ3) is 12.7. The summed E-state index contributed by atoms with van der Waals surface area (Å²) >= 11 is 0. The lowest BCUT2D eigenvalue weighted by atomic mass is 9.89. The minimum atomic E-state index is -0.767. The van der Waals surface area contributed by atoms with E-state index in [0.29, 0.717) is 25.2 Å². The Labute approximate surface area is 323 Å². The van der Waals surface area contributed by atoms with E-state index in [1.807, 2.05) is 72.7 Å². The lowest BCUT2D eigenvalue weighted by Crippen LogP contribution is -2.59. The molecular weight excluding hydrogens is 690 g/mol. The Bertz CT molecular complexity index is 1360. The highest BCUT2D eigenvalue weighted by atomic mass is 16.5. The number of benzene rings is 1. The number of amides is 5. The third-order valence-corrected chi connectivity index (χ3v) is 10.8. The van der Waals surface area contributed by atoms with Crippen LogP contribution in [0.5, 0.6) is 0 Å². The second-order valence-electron chi connectivity index (χ2n) is 15.7. The van der Waals surface area contributed by atoms with Crippen LogP contribution in [0.4, 0.5) is 5.69 Å². The lowest BCUT2D eigenvalue weighted by molar-refractivity contribution is -0.148. The molecule has 0 bridgehead atoms. The van der Waals surface area contributed by atoms with E-state index in [2.05, 4.69) is 16.0 Å². The average Bonchev–Trinajstić information content (AvgIpc) is 3.61. The van der Waals surface area contributed by atoms with Crippen LogP contribution in [0, 0.1) is 23.7 Å². The summed E-state index contributed by atoms with van der Waals surface area (Å²) in [5.41, 5.74) is 7.24. The Morgan fingerprint density at radius 1 is 0.907 bits per heavy atom. The highest BCUT2D eigenvalue weighted by Crippen LogP contribution is 2.29. The summed E-state index contributed by atoms with van der Waals surface area (Å²) in [6, 6.07) is 5.17. The molecule has 2 rings (SSSR count). The van der Waals surface area contributed by atoms with Crippen molar-refractivity contribution in [1.82, 2.24) is 30.7 Å². The Balaban J connectivity index is 2.17. The molecule has 0 aliphatic carbocycles. The zero-order valence-corrected chi connectivity index (χ0v) is 34.8. The number of anilines is 1. The predicted octanol–water partition coefficient (Wildman–Crippen LogP) is 2.65. The number of nitrogen functional groups attached to an aromatic ring is 1. The second-order valence-corrected chi connectivity index (χ2v) is 15.7. The van der Waals surface area contributed by atoms with Crippen molar-refractivity contribution >= 4 is 35.2 Å². The number of methoxy groups -OCH3 is 2. The average molecular weight is 760 g/mol. The molecule has 1 aromatic rings. The Morgan fingerprint density at radius 3 is 2.06 bits per heavy atom. The van der Waals surface area contributed by atoms with E-state index in [1.54, 1.807) is 43.0 Å². The second kappa shape index (κ2) is 22.0. The topological polar surface area (TPSA) is 176 Å². The zero-order chi connectivity index (χ0) is 40.9. The van der Waals surface area contributed by atoms with Crippen LogP contribution in [0.25, 0.3) is 0 Å². The summed E-state index contributed by atoms with van der Waals surface area (Å²) in [5, 5.41) is 8.53. The minimum Gasteiger partial charge on any atom is -0.399 e. The van der Waals surface area contributed by atoms with Crippen LogP contribution >= 0.6 is 0 Å². The van der Waals surface area contributed by atoms with Crippen LogP contribution in [0.3, 0.4) is 0 Å². The maximum atomic E-state index is 14.2. The zero-order valence-electron chi connectivity index (χ0n) is 34.8. The van der Waals surface area contributed by atoms with Gasteiger partial charge in [0.15, 0.2) is 0 Å². The number of likely N-dealkylation sites (tertiary alicyclic amines) is 1. The van der Waals surface area contributed by atoms with Gasteiger partial charge in [-0.15, -0.1) is 0 Å². The molecule has 14 nitrogen and oxygen atoms in total. The smallest absolute Gasteiger partial charge is 0.245 e. The van der Waals surface area contributed by atoms with E-state index in [9.17, 15) is 24.0 Å². The molecule has 306 valence electrons. The number of carbonyl (C=O) groups excluding carboxylic acids is 5. The first-order valence-electron chi connectivity index (χ1n) is 19.4. The maximum absolute atomic E-state index is 14.2. The number of likely N-dealkylation sites (N-methyl/N-ethyl adjacent to an activating group) is 2. The van der Waals surface area contributed by atoms with Gasteiger partial charge in [-0.25, -0.2) is 0 Å². The molecule has 0 spiro atoms. The fraction of sp³-hybridized carbons (Fsp3) is 0.725. The van der Waals surface area contributed by atoms with E-state index >= 15 is 0 Å². The van der Waals surface area contributed by atoms with Gasteiger partial charge in [-0.2, -0.15) is 0 Å². The summed E-state index contributed by atoms with van der Waals surface area (Å²) < 4.78 is 11.9. The lowest BCUT2D eigenvalue weighted by Gasteiger charge is -2.41. The van der Waals surface area contributed by atoms with Gasteiger partial charge in [-0.1, -0.05) is 67.0 Å². The number of hydrogen-bond acceptors (Lipinski definition) is 9. The van der Waals surface area contributed by atoms with Gasteiger partial charge in [0.25, 0.3) is 0 Å². The number of nitrogens with zero attached hydrogens (tertiary/aromatic N) is 3. The van der Waals surface area contributed by atoms with E-state index in [1.165, 1.54) is 7.11 Å².